The van der Waals surface area contributed by atoms with Crippen molar-refractivity contribution in [3.8, 4) is 0 Å². The minimum atomic E-state index is 0.000650. The summed E-state index contributed by atoms with van der Waals surface area (Å²) in [6, 6.07) is 5.56. The van der Waals surface area contributed by atoms with E-state index in [2.05, 4.69) is 10.3 Å². The first-order valence-electron chi connectivity index (χ1n) is 6.07. The molecule has 19 heavy (non-hydrogen) atoms. The first-order chi connectivity index (χ1) is 9.15. The largest absolute Gasteiger partial charge is 0.359 e. The molecule has 1 heterocycles. The average Bonchev–Trinajstić information content (AvgIpc) is 2.73. The summed E-state index contributed by atoms with van der Waals surface area (Å²) in [7, 11) is 1.63. The summed E-state index contributed by atoms with van der Waals surface area (Å²) in [5.41, 5.74) is 1.82. The third kappa shape index (κ3) is 3.19. The van der Waals surface area contributed by atoms with Gasteiger partial charge in [-0.2, -0.15) is 0 Å². The number of rotatable bonds is 5. The molecule has 0 bridgehead atoms. The first-order valence-corrected chi connectivity index (χ1v) is 6.98. The Hall–Kier alpha value is -1.26. The number of benzene rings is 1. The zero-order valence-corrected chi connectivity index (χ0v) is 12.1. The van der Waals surface area contributed by atoms with E-state index in [9.17, 15) is 4.79 Å². The molecule has 1 N–H and O–H groups in total. The number of hydrogen-bond acceptors (Lipinski definition) is 2. The SMILES string of the molecule is CNC(=O)CCn1c(CCCl)nc2ccc(Cl)cc21. The van der Waals surface area contributed by atoms with E-state index >= 15 is 0 Å². The Morgan fingerprint density at radius 1 is 1.47 bits per heavy atom. The number of nitrogens with one attached hydrogen (secondary N) is 1. The summed E-state index contributed by atoms with van der Waals surface area (Å²) >= 11 is 11.8. The molecule has 0 fully saturated rings. The highest BCUT2D eigenvalue weighted by atomic mass is 35.5. The van der Waals surface area contributed by atoms with Gasteiger partial charge >= 0.3 is 0 Å². The maximum Gasteiger partial charge on any atom is 0.221 e. The fourth-order valence-electron chi connectivity index (χ4n) is 2.01. The van der Waals surface area contributed by atoms with Crippen LogP contribution in [-0.2, 0) is 17.8 Å². The predicted molar refractivity (Wildman–Crippen MR) is 77.9 cm³/mol. The Morgan fingerprint density at radius 3 is 2.95 bits per heavy atom. The Balaban J connectivity index is 2.38. The van der Waals surface area contributed by atoms with E-state index in [0.29, 0.717) is 30.3 Å². The number of amides is 1. The number of carbonyl (C=O) groups excluding carboxylic acids is 1. The average molecular weight is 300 g/mol. The van der Waals surface area contributed by atoms with Crippen molar-refractivity contribution in [3.63, 3.8) is 0 Å². The fraction of sp³-hybridized carbons (Fsp3) is 0.385. The molecule has 0 aliphatic carbocycles. The number of hydrogen-bond donors (Lipinski definition) is 1. The molecule has 0 radical (unpaired) electrons. The van der Waals surface area contributed by atoms with Crippen LogP contribution in [0.2, 0.25) is 5.02 Å². The van der Waals surface area contributed by atoms with Crippen LogP contribution in [0.5, 0.6) is 0 Å². The Bertz CT molecular complexity index is 595. The van der Waals surface area contributed by atoms with E-state index in [-0.39, 0.29) is 5.91 Å². The maximum absolute atomic E-state index is 11.4. The minimum absolute atomic E-state index is 0.000650. The molecule has 0 spiro atoms. The van der Waals surface area contributed by atoms with Crippen molar-refractivity contribution in [1.82, 2.24) is 14.9 Å². The van der Waals surface area contributed by atoms with E-state index in [4.69, 9.17) is 23.2 Å². The van der Waals surface area contributed by atoms with Gasteiger partial charge in [0.2, 0.25) is 5.91 Å². The van der Waals surface area contributed by atoms with Crippen LogP contribution in [0.1, 0.15) is 12.2 Å². The molecular formula is C13H15Cl2N3O. The lowest BCUT2D eigenvalue weighted by Crippen LogP contribution is -2.20. The van der Waals surface area contributed by atoms with Crippen LogP contribution >= 0.6 is 23.2 Å². The molecule has 0 aliphatic rings. The molecule has 1 aromatic carbocycles. The van der Waals surface area contributed by atoms with E-state index < -0.39 is 0 Å². The van der Waals surface area contributed by atoms with Crippen LogP contribution < -0.4 is 5.32 Å². The number of aromatic nitrogens is 2. The second-order valence-corrected chi connectivity index (χ2v) is 4.99. The van der Waals surface area contributed by atoms with E-state index in [1.165, 1.54) is 0 Å². The lowest BCUT2D eigenvalue weighted by Gasteiger charge is -2.08. The Kier molecular flexibility index (Phi) is 4.66. The van der Waals surface area contributed by atoms with Gasteiger partial charge in [0.15, 0.2) is 0 Å². The van der Waals surface area contributed by atoms with E-state index in [0.717, 1.165) is 16.9 Å². The number of carbonyl (C=O) groups is 1. The van der Waals surface area contributed by atoms with Gasteiger partial charge in [-0.25, -0.2) is 4.98 Å². The molecule has 6 heteroatoms. The van der Waals surface area contributed by atoms with Crippen molar-refractivity contribution in [2.45, 2.75) is 19.4 Å². The molecule has 1 aromatic heterocycles. The summed E-state index contributed by atoms with van der Waals surface area (Å²) < 4.78 is 2.01. The van der Waals surface area contributed by atoms with Crippen molar-refractivity contribution < 1.29 is 4.79 Å². The van der Waals surface area contributed by atoms with Gasteiger partial charge in [-0.1, -0.05) is 11.6 Å². The quantitative estimate of drug-likeness (QED) is 0.863. The molecule has 4 nitrogen and oxygen atoms in total. The highest BCUT2D eigenvalue weighted by molar-refractivity contribution is 6.31. The summed E-state index contributed by atoms with van der Waals surface area (Å²) in [5, 5.41) is 3.27. The van der Waals surface area contributed by atoms with Crippen molar-refractivity contribution >= 4 is 40.1 Å². The zero-order valence-electron chi connectivity index (χ0n) is 10.6. The van der Waals surface area contributed by atoms with Crippen molar-refractivity contribution in [1.29, 1.82) is 0 Å². The maximum atomic E-state index is 11.4. The van der Waals surface area contributed by atoms with Gasteiger partial charge in [-0.3, -0.25) is 4.79 Å². The van der Waals surface area contributed by atoms with Gasteiger partial charge in [-0.05, 0) is 18.2 Å². The molecule has 2 aromatic rings. The minimum Gasteiger partial charge on any atom is -0.359 e. The van der Waals surface area contributed by atoms with E-state index in [1.807, 2.05) is 22.8 Å². The topological polar surface area (TPSA) is 46.9 Å². The molecule has 0 unspecified atom stereocenters. The van der Waals surface area contributed by atoms with Crippen LogP contribution in [-0.4, -0.2) is 28.4 Å². The van der Waals surface area contributed by atoms with Gasteiger partial charge in [0.1, 0.15) is 5.82 Å². The first kappa shape index (κ1) is 14.2. The van der Waals surface area contributed by atoms with Crippen molar-refractivity contribution in [3.05, 3.63) is 29.0 Å². The second-order valence-electron chi connectivity index (χ2n) is 4.17. The van der Waals surface area contributed by atoms with Gasteiger partial charge in [-0.15, -0.1) is 11.6 Å². The van der Waals surface area contributed by atoms with Crippen LogP contribution in [0.15, 0.2) is 18.2 Å². The molecule has 102 valence electrons. The lowest BCUT2D eigenvalue weighted by molar-refractivity contribution is -0.120. The third-order valence-electron chi connectivity index (χ3n) is 2.95. The molecule has 2 rings (SSSR count). The molecule has 0 aliphatic heterocycles. The summed E-state index contributed by atoms with van der Waals surface area (Å²) in [4.78, 5) is 15.9. The van der Waals surface area contributed by atoms with Crippen molar-refractivity contribution in [2.24, 2.45) is 0 Å². The van der Waals surface area contributed by atoms with Gasteiger partial charge in [0.25, 0.3) is 0 Å². The van der Waals surface area contributed by atoms with E-state index in [1.54, 1.807) is 7.05 Å². The lowest BCUT2D eigenvalue weighted by atomic mass is 10.3. The molecular weight excluding hydrogens is 285 g/mol. The number of alkyl halides is 1. The predicted octanol–water partition coefficient (Wildman–Crippen LogP) is 2.61. The third-order valence-corrected chi connectivity index (χ3v) is 3.37. The van der Waals surface area contributed by atoms with Crippen LogP contribution in [0.3, 0.4) is 0 Å². The molecule has 0 saturated carbocycles. The van der Waals surface area contributed by atoms with Crippen molar-refractivity contribution in [2.75, 3.05) is 12.9 Å². The standard InChI is InChI=1S/C13H15Cl2N3O/c1-16-13(19)5-7-18-11-8-9(15)2-3-10(11)17-12(18)4-6-14/h2-3,8H,4-7H2,1H3,(H,16,19). The number of halogens is 2. The Morgan fingerprint density at radius 2 is 2.26 bits per heavy atom. The van der Waals surface area contributed by atoms with Crippen LogP contribution in [0, 0.1) is 0 Å². The highest BCUT2D eigenvalue weighted by Crippen LogP contribution is 2.21. The van der Waals surface area contributed by atoms with Gasteiger partial charge < -0.3 is 9.88 Å². The number of fused-ring (bicyclic) bond motifs is 1. The van der Waals surface area contributed by atoms with Gasteiger partial charge in [0, 0.05) is 37.3 Å². The van der Waals surface area contributed by atoms with Crippen LogP contribution in [0.4, 0.5) is 0 Å². The summed E-state index contributed by atoms with van der Waals surface area (Å²) in [6.07, 6.45) is 1.07. The Labute approximate surface area is 121 Å². The second kappa shape index (κ2) is 6.26. The normalized spacial score (nSPS) is 10.9. The highest BCUT2D eigenvalue weighted by Gasteiger charge is 2.11. The number of aryl methyl sites for hydroxylation is 2. The molecule has 1 amide bonds. The number of nitrogens with zero attached hydrogens (tertiary/aromatic N) is 2. The molecule has 0 atom stereocenters. The smallest absolute Gasteiger partial charge is 0.221 e. The fourth-order valence-corrected chi connectivity index (χ4v) is 2.34. The monoisotopic (exact) mass is 299 g/mol. The molecule has 0 saturated heterocycles. The summed E-state index contributed by atoms with van der Waals surface area (Å²) in [5.74, 6) is 1.38. The van der Waals surface area contributed by atoms with Crippen LogP contribution in [0.25, 0.3) is 11.0 Å². The number of imidazole rings is 1. The summed E-state index contributed by atoms with van der Waals surface area (Å²) in [6.45, 7) is 0.572. The van der Waals surface area contributed by atoms with Gasteiger partial charge in [0.05, 0.1) is 11.0 Å². The zero-order chi connectivity index (χ0) is 13.8.